The quantitative estimate of drug-likeness (QED) is 0.485. The highest BCUT2D eigenvalue weighted by Gasteiger charge is 2.70. The lowest BCUT2D eigenvalue weighted by Crippen LogP contribution is -2.04. The Hall–Kier alpha value is -1.03. The number of thiazole rings is 1. The van der Waals surface area contributed by atoms with E-state index in [2.05, 4.69) is 50.9 Å². The fourth-order valence-electron chi connectivity index (χ4n) is 3.49. The van der Waals surface area contributed by atoms with E-state index < -0.39 is 5.92 Å². The van der Waals surface area contributed by atoms with Crippen molar-refractivity contribution < 1.29 is 8.78 Å². The van der Waals surface area contributed by atoms with Crippen molar-refractivity contribution in [3.05, 3.63) is 28.8 Å². The van der Waals surface area contributed by atoms with E-state index in [9.17, 15) is 8.78 Å². The van der Waals surface area contributed by atoms with Crippen molar-refractivity contribution in [3.8, 4) is 0 Å². The van der Waals surface area contributed by atoms with Crippen LogP contribution in [0.25, 0.3) is 10.2 Å². The molecule has 2 aliphatic carbocycles. The van der Waals surface area contributed by atoms with Gasteiger partial charge in [0.15, 0.2) is 0 Å². The molecule has 0 spiro atoms. The molecule has 1 nitrogen and oxygen atoms in total. The van der Waals surface area contributed by atoms with Crippen LogP contribution in [0.15, 0.2) is 18.2 Å². The molecule has 0 radical (unpaired) electrons. The second-order valence-electron chi connectivity index (χ2n) is 7.08. The summed E-state index contributed by atoms with van der Waals surface area (Å²) in [5.74, 6) is -1.57. The van der Waals surface area contributed by atoms with E-state index >= 15 is 0 Å². The Morgan fingerprint density at radius 2 is 1.62 bits per heavy atom. The average Bonchev–Trinajstić information content (AvgIpc) is 2.99. The van der Waals surface area contributed by atoms with Crippen molar-refractivity contribution in [3.63, 3.8) is 0 Å². The van der Waals surface area contributed by atoms with Crippen molar-refractivity contribution in [1.29, 1.82) is 0 Å². The number of hydrogen-bond donors (Lipinski definition) is 0. The minimum absolute atomic E-state index is 0.229. The smallest absolute Gasteiger partial charge is 0.242 e. The van der Waals surface area contributed by atoms with Gasteiger partial charge in [0.2, 0.25) is 0 Å². The van der Waals surface area contributed by atoms with Gasteiger partial charge in [0.1, 0.15) is 0 Å². The van der Waals surface area contributed by atoms with Gasteiger partial charge in [0.25, 0.3) is 5.92 Å². The Labute approximate surface area is 162 Å². The van der Waals surface area contributed by atoms with Crippen LogP contribution in [0.4, 0.5) is 8.78 Å². The zero-order valence-corrected chi connectivity index (χ0v) is 18.4. The summed E-state index contributed by atoms with van der Waals surface area (Å²) in [4.78, 5) is 4.47. The summed E-state index contributed by atoms with van der Waals surface area (Å²) in [5, 5.41) is 1.15. The number of halogens is 2. The minimum Gasteiger partial charge on any atom is -0.242 e. The van der Waals surface area contributed by atoms with E-state index in [1.54, 1.807) is 11.3 Å². The Bertz CT molecular complexity index is 664. The van der Waals surface area contributed by atoms with Crippen molar-refractivity contribution in [2.24, 2.45) is 17.8 Å². The van der Waals surface area contributed by atoms with E-state index in [1.165, 1.54) is 10.3 Å². The SMILES string of the molecule is CC.CC.CC1CC2C(C1)C2(F)F.Cc1nc2cc(C(C)C)ccc2s1. The number of alkyl halides is 2. The number of benzene rings is 1. The van der Waals surface area contributed by atoms with Crippen LogP contribution >= 0.6 is 11.3 Å². The standard InChI is InChI=1S/C11H13NS.C7H10F2.2C2H6/c1-7(2)9-4-5-11-10(6-9)12-8(3)13-11;1-4-2-5-6(3-4)7(5,8)9;2*1-2/h4-7H,1-3H3;4-6H,2-3H2,1H3;2*1-2H3. The van der Waals surface area contributed by atoms with E-state index in [4.69, 9.17) is 0 Å². The van der Waals surface area contributed by atoms with Gasteiger partial charge in [-0.1, -0.05) is 54.5 Å². The van der Waals surface area contributed by atoms with Crippen LogP contribution in [0.3, 0.4) is 0 Å². The molecule has 0 bridgehead atoms. The van der Waals surface area contributed by atoms with Crippen molar-refractivity contribution >= 4 is 21.6 Å². The topological polar surface area (TPSA) is 12.9 Å². The van der Waals surface area contributed by atoms with Gasteiger partial charge < -0.3 is 0 Å². The van der Waals surface area contributed by atoms with E-state index in [0.29, 0.717) is 11.8 Å². The monoisotopic (exact) mass is 383 g/mol. The summed E-state index contributed by atoms with van der Waals surface area (Å²) in [7, 11) is 0. The summed E-state index contributed by atoms with van der Waals surface area (Å²) in [6.07, 6.45) is 1.52. The van der Waals surface area contributed by atoms with Crippen molar-refractivity contribution in [1.82, 2.24) is 4.98 Å². The first-order chi connectivity index (χ1) is 12.3. The summed E-state index contributed by atoms with van der Waals surface area (Å²) in [6, 6.07) is 6.57. The van der Waals surface area contributed by atoms with Gasteiger partial charge in [-0.15, -0.1) is 11.3 Å². The zero-order chi connectivity index (χ0) is 20.1. The number of nitrogens with zero attached hydrogens (tertiary/aromatic N) is 1. The fraction of sp³-hybridized carbons (Fsp3) is 0.682. The third-order valence-corrected chi connectivity index (χ3v) is 5.81. The molecule has 2 saturated carbocycles. The van der Waals surface area contributed by atoms with Gasteiger partial charge in [-0.2, -0.15) is 0 Å². The first-order valence-electron chi connectivity index (χ1n) is 10.0. The summed E-state index contributed by atoms with van der Waals surface area (Å²) in [5.41, 5.74) is 2.52. The second-order valence-corrected chi connectivity index (χ2v) is 8.31. The van der Waals surface area contributed by atoms with Crippen LogP contribution in [-0.4, -0.2) is 10.9 Å². The maximum absolute atomic E-state index is 12.4. The Kier molecular flexibility index (Phi) is 8.65. The molecule has 26 heavy (non-hydrogen) atoms. The van der Waals surface area contributed by atoms with Gasteiger partial charge in [0.05, 0.1) is 15.2 Å². The molecule has 1 aromatic carbocycles. The molecule has 0 aliphatic heterocycles. The molecule has 1 heterocycles. The molecule has 0 amide bonds. The predicted molar refractivity (Wildman–Crippen MR) is 111 cm³/mol. The largest absolute Gasteiger partial charge is 0.254 e. The van der Waals surface area contributed by atoms with Crippen molar-refractivity contribution in [2.45, 2.75) is 80.1 Å². The molecule has 2 aliphatic rings. The van der Waals surface area contributed by atoms with E-state index in [0.717, 1.165) is 23.4 Å². The summed E-state index contributed by atoms with van der Waals surface area (Å²) < 4.78 is 26.1. The van der Waals surface area contributed by atoms with Crippen molar-refractivity contribution in [2.75, 3.05) is 0 Å². The number of aryl methyl sites for hydroxylation is 1. The molecule has 4 heteroatoms. The lowest BCUT2D eigenvalue weighted by atomic mass is 10.0. The van der Waals surface area contributed by atoms with Gasteiger partial charge >= 0.3 is 0 Å². The number of aromatic nitrogens is 1. The molecular weight excluding hydrogens is 348 g/mol. The molecular formula is C22H35F2NS. The van der Waals surface area contributed by atoms with Gasteiger partial charge in [-0.05, 0) is 49.3 Å². The minimum atomic E-state index is -2.26. The molecule has 1 aromatic heterocycles. The maximum Gasteiger partial charge on any atom is 0.254 e. The van der Waals surface area contributed by atoms with Crippen LogP contribution in [-0.2, 0) is 0 Å². The highest BCUT2D eigenvalue weighted by atomic mass is 32.1. The van der Waals surface area contributed by atoms with Crippen LogP contribution < -0.4 is 0 Å². The highest BCUT2D eigenvalue weighted by Crippen LogP contribution is 2.65. The lowest BCUT2D eigenvalue weighted by molar-refractivity contribution is 0.0654. The molecule has 2 atom stereocenters. The lowest BCUT2D eigenvalue weighted by Gasteiger charge is -2.05. The highest BCUT2D eigenvalue weighted by molar-refractivity contribution is 7.18. The van der Waals surface area contributed by atoms with Gasteiger partial charge in [-0.3, -0.25) is 0 Å². The molecule has 148 valence electrons. The third-order valence-electron chi connectivity index (χ3n) is 4.86. The Morgan fingerprint density at radius 1 is 1.08 bits per heavy atom. The van der Waals surface area contributed by atoms with Gasteiger partial charge in [0, 0.05) is 11.8 Å². The van der Waals surface area contributed by atoms with Crippen LogP contribution in [0.2, 0.25) is 0 Å². The zero-order valence-electron chi connectivity index (χ0n) is 17.6. The first-order valence-corrected chi connectivity index (χ1v) is 10.9. The molecule has 0 N–H and O–H groups in total. The van der Waals surface area contributed by atoms with Crippen LogP contribution in [0, 0.1) is 24.7 Å². The fourth-order valence-corrected chi connectivity index (χ4v) is 4.29. The third kappa shape index (κ3) is 5.25. The van der Waals surface area contributed by atoms with E-state index in [-0.39, 0.29) is 11.8 Å². The average molecular weight is 384 g/mol. The molecule has 2 aromatic rings. The maximum atomic E-state index is 12.4. The predicted octanol–water partition coefficient (Wildman–Crippen LogP) is 8.08. The van der Waals surface area contributed by atoms with Crippen LogP contribution in [0.1, 0.15) is 77.8 Å². The number of rotatable bonds is 1. The Balaban J connectivity index is 0.000000227. The number of hydrogen-bond acceptors (Lipinski definition) is 2. The van der Waals surface area contributed by atoms with Gasteiger partial charge in [-0.25, -0.2) is 13.8 Å². The molecule has 0 saturated heterocycles. The second kappa shape index (κ2) is 9.77. The van der Waals surface area contributed by atoms with Crippen LogP contribution in [0.5, 0.6) is 0 Å². The summed E-state index contributed by atoms with van der Waals surface area (Å²) >= 11 is 1.76. The molecule has 2 fully saturated rings. The molecule has 4 rings (SSSR count). The normalized spacial score (nSPS) is 24.5. The van der Waals surface area contributed by atoms with E-state index in [1.807, 2.05) is 27.7 Å². The first kappa shape index (κ1) is 23.0. The molecule has 2 unspecified atom stereocenters. The summed E-state index contributed by atoms with van der Waals surface area (Å²) in [6.45, 7) is 16.5. The number of fused-ring (bicyclic) bond motifs is 2. The Morgan fingerprint density at radius 3 is 2.08 bits per heavy atom.